The molecule has 0 saturated carbocycles. The number of hydrogen-bond acceptors (Lipinski definition) is 3. The van der Waals surface area contributed by atoms with Crippen molar-refractivity contribution in [3.05, 3.63) is 34.3 Å². The van der Waals surface area contributed by atoms with Crippen molar-refractivity contribution >= 4 is 15.9 Å². The second-order valence-electron chi connectivity index (χ2n) is 4.67. The van der Waals surface area contributed by atoms with Crippen molar-refractivity contribution in [3.8, 4) is 0 Å². The summed E-state index contributed by atoms with van der Waals surface area (Å²) in [6, 6.07) is 8.42. The van der Waals surface area contributed by atoms with Crippen LogP contribution in [0, 0.1) is 5.92 Å². The monoisotopic (exact) mass is 298 g/mol. The number of nitrogens with two attached hydrogens (primary N) is 1. The molecule has 3 unspecified atom stereocenters. The highest BCUT2D eigenvalue weighted by Gasteiger charge is 2.31. The fourth-order valence-electron chi connectivity index (χ4n) is 2.40. The lowest BCUT2D eigenvalue weighted by Gasteiger charge is -2.25. The normalized spacial score (nSPS) is 26.1. The van der Waals surface area contributed by atoms with Crippen LogP contribution in [0.5, 0.6) is 0 Å². The Labute approximate surface area is 111 Å². The Bertz CT molecular complexity index is 372. The van der Waals surface area contributed by atoms with Gasteiger partial charge in [0.25, 0.3) is 0 Å². The third-order valence-electron chi connectivity index (χ3n) is 3.45. The molecular weight excluding hydrogens is 280 g/mol. The van der Waals surface area contributed by atoms with Gasteiger partial charge in [-0.2, -0.15) is 0 Å². The second kappa shape index (κ2) is 5.96. The summed E-state index contributed by atoms with van der Waals surface area (Å²) in [6.45, 7) is 3.07. The summed E-state index contributed by atoms with van der Waals surface area (Å²) >= 11 is 3.57. The maximum Gasteiger partial charge on any atom is 0.0771 e. The number of ether oxygens (including phenoxy) is 1. The fourth-order valence-corrected chi connectivity index (χ4v) is 2.85. The molecule has 3 N–H and O–H groups in total. The summed E-state index contributed by atoms with van der Waals surface area (Å²) < 4.78 is 6.90. The second-order valence-corrected chi connectivity index (χ2v) is 5.52. The van der Waals surface area contributed by atoms with E-state index in [1.807, 2.05) is 12.1 Å². The van der Waals surface area contributed by atoms with Gasteiger partial charge in [-0.05, 0) is 30.4 Å². The van der Waals surface area contributed by atoms with Crippen LogP contribution in [0.3, 0.4) is 0 Å². The highest BCUT2D eigenvalue weighted by Crippen LogP contribution is 2.26. The van der Waals surface area contributed by atoms with Crippen molar-refractivity contribution in [1.82, 2.24) is 5.43 Å². The lowest BCUT2D eigenvalue weighted by molar-refractivity contribution is 0.0610. The van der Waals surface area contributed by atoms with Gasteiger partial charge in [-0.1, -0.05) is 41.1 Å². The topological polar surface area (TPSA) is 47.3 Å². The Morgan fingerprint density at radius 1 is 1.53 bits per heavy atom. The maximum absolute atomic E-state index is 5.77. The van der Waals surface area contributed by atoms with Gasteiger partial charge in [0.1, 0.15) is 0 Å². The van der Waals surface area contributed by atoms with Crippen molar-refractivity contribution in [2.75, 3.05) is 6.61 Å². The Balaban J connectivity index is 2.07. The lowest BCUT2D eigenvalue weighted by Crippen LogP contribution is -2.47. The van der Waals surface area contributed by atoms with Crippen molar-refractivity contribution < 1.29 is 4.74 Å². The average Bonchev–Trinajstić information content (AvgIpc) is 2.75. The van der Waals surface area contributed by atoms with E-state index in [9.17, 15) is 0 Å². The average molecular weight is 299 g/mol. The number of hydrazine groups is 1. The highest BCUT2D eigenvalue weighted by atomic mass is 79.9. The van der Waals surface area contributed by atoms with Gasteiger partial charge in [0, 0.05) is 11.1 Å². The van der Waals surface area contributed by atoms with Gasteiger partial charge in [-0.3, -0.25) is 11.3 Å². The first kappa shape index (κ1) is 13.0. The molecule has 0 aromatic heterocycles. The molecule has 0 bridgehead atoms. The van der Waals surface area contributed by atoms with Crippen LogP contribution < -0.4 is 11.3 Å². The lowest BCUT2D eigenvalue weighted by atomic mass is 9.93. The zero-order valence-corrected chi connectivity index (χ0v) is 11.6. The quantitative estimate of drug-likeness (QED) is 0.662. The van der Waals surface area contributed by atoms with Gasteiger partial charge < -0.3 is 4.74 Å². The largest absolute Gasteiger partial charge is 0.376 e. The molecule has 4 heteroatoms. The van der Waals surface area contributed by atoms with Crippen LogP contribution in [0.4, 0.5) is 0 Å². The molecule has 1 heterocycles. The van der Waals surface area contributed by atoms with Crippen LogP contribution >= 0.6 is 15.9 Å². The molecule has 3 nitrogen and oxygen atoms in total. The third-order valence-corrected chi connectivity index (χ3v) is 4.23. The summed E-state index contributed by atoms with van der Waals surface area (Å²) in [6.07, 6.45) is 2.22. The summed E-state index contributed by atoms with van der Waals surface area (Å²) in [4.78, 5) is 0. The molecule has 1 aromatic carbocycles. The van der Waals surface area contributed by atoms with Gasteiger partial charge in [0.15, 0.2) is 0 Å². The molecule has 0 aliphatic carbocycles. The number of hydrogen-bond donors (Lipinski definition) is 2. The first-order chi connectivity index (χ1) is 8.22. The van der Waals surface area contributed by atoms with Crippen LogP contribution in [0.1, 0.15) is 18.9 Å². The number of rotatable bonds is 4. The highest BCUT2D eigenvalue weighted by molar-refractivity contribution is 9.10. The molecule has 17 heavy (non-hydrogen) atoms. The van der Waals surface area contributed by atoms with Crippen LogP contribution in [-0.4, -0.2) is 18.8 Å². The molecule has 94 valence electrons. The standard InChI is InChI=1S/C13H19BrN2O/c1-9-6-7-17-13(9)12(16-15)8-10-4-2-3-5-11(10)14/h2-5,9,12-13,16H,6-8,15H2,1H3. The van der Waals surface area contributed by atoms with E-state index in [1.165, 1.54) is 5.56 Å². The van der Waals surface area contributed by atoms with Gasteiger partial charge in [0.2, 0.25) is 0 Å². The summed E-state index contributed by atoms with van der Waals surface area (Å²) in [7, 11) is 0. The van der Waals surface area contributed by atoms with E-state index in [1.54, 1.807) is 0 Å². The van der Waals surface area contributed by atoms with Crippen LogP contribution in [0.25, 0.3) is 0 Å². The molecule has 0 radical (unpaired) electrons. The molecular formula is C13H19BrN2O. The van der Waals surface area contributed by atoms with Crippen molar-refractivity contribution in [3.63, 3.8) is 0 Å². The molecule has 0 amide bonds. The molecule has 0 spiro atoms. The predicted molar refractivity (Wildman–Crippen MR) is 72.5 cm³/mol. The summed E-state index contributed by atoms with van der Waals surface area (Å²) in [5.41, 5.74) is 4.17. The van der Waals surface area contributed by atoms with Crippen LogP contribution in [0.2, 0.25) is 0 Å². The molecule has 1 aliphatic rings. The Morgan fingerprint density at radius 3 is 2.88 bits per heavy atom. The molecule has 3 atom stereocenters. The first-order valence-electron chi connectivity index (χ1n) is 6.03. The SMILES string of the molecule is CC1CCOC1C(Cc1ccccc1Br)NN. The smallest absolute Gasteiger partial charge is 0.0771 e. The van der Waals surface area contributed by atoms with E-state index in [2.05, 4.69) is 40.4 Å². The molecule has 1 saturated heterocycles. The molecule has 2 rings (SSSR count). The van der Waals surface area contributed by atoms with Crippen molar-refractivity contribution in [2.45, 2.75) is 31.9 Å². The Morgan fingerprint density at radius 2 is 2.29 bits per heavy atom. The molecule has 1 aromatic rings. The van der Waals surface area contributed by atoms with Gasteiger partial charge in [-0.25, -0.2) is 0 Å². The van der Waals surface area contributed by atoms with Crippen molar-refractivity contribution in [2.24, 2.45) is 11.8 Å². The maximum atomic E-state index is 5.77. The Kier molecular flexibility index (Phi) is 4.56. The van der Waals surface area contributed by atoms with Crippen molar-refractivity contribution in [1.29, 1.82) is 0 Å². The van der Waals surface area contributed by atoms with E-state index in [0.29, 0.717) is 5.92 Å². The van der Waals surface area contributed by atoms with E-state index < -0.39 is 0 Å². The number of nitrogens with one attached hydrogen (secondary N) is 1. The van der Waals surface area contributed by atoms with Gasteiger partial charge >= 0.3 is 0 Å². The summed E-state index contributed by atoms with van der Waals surface area (Å²) in [5, 5.41) is 0. The van der Waals surface area contributed by atoms with E-state index in [-0.39, 0.29) is 12.1 Å². The zero-order valence-electron chi connectivity index (χ0n) is 10.0. The third kappa shape index (κ3) is 3.07. The summed E-state index contributed by atoms with van der Waals surface area (Å²) in [5.74, 6) is 6.24. The first-order valence-corrected chi connectivity index (χ1v) is 6.83. The predicted octanol–water partition coefficient (Wildman–Crippen LogP) is 2.25. The fraction of sp³-hybridized carbons (Fsp3) is 0.538. The van der Waals surface area contributed by atoms with E-state index >= 15 is 0 Å². The molecule has 1 aliphatic heterocycles. The van der Waals surface area contributed by atoms with Gasteiger partial charge in [0.05, 0.1) is 12.1 Å². The minimum Gasteiger partial charge on any atom is -0.376 e. The zero-order chi connectivity index (χ0) is 12.3. The van der Waals surface area contributed by atoms with Crippen LogP contribution in [0.15, 0.2) is 28.7 Å². The Hall–Kier alpha value is -0.420. The van der Waals surface area contributed by atoms with E-state index in [0.717, 1.165) is 23.9 Å². The molecule has 1 fully saturated rings. The van der Waals surface area contributed by atoms with Gasteiger partial charge in [-0.15, -0.1) is 0 Å². The number of halogens is 1. The minimum atomic E-state index is 0.172. The van der Waals surface area contributed by atoms with E-state index in [4.69, 9.17) is 10.6 Å². The number of benzene rings is 1. The van der Waals surface area contributed by atoms with Crippen LogP contribution in [-0.2, 0) is 11.2 Å². The minimum absolute atomic E-state index is 0.172.